The molecule has 2 aromatic carbocycles. The summed E-state index contributed by atoms with van der Waals surface area (Å²) < 4.78 is 11.4. The fourth-order valence-electron chi connectivity index (χ4n) is 4.09. The van der Waals surface area contributed by atoms with Crippen molar-refractivity contribution < 1.29 is 14.3 Å². The monoisotopic (exact) mass is 436 g/mol. The minimum Gasteiger partial charge on any atom is -0.496 e. The predicted molar refractivity (Wildman–Crippen MR) is 125 cm³/mol. The molecule has 1 atom stereocenters. The first-order chi connectivity index (χ1) is 15.1. The second-order valence-corrected chi connectivity index (χ2v) is 8.86. The number of amides is 1. The standard InChI is InChI=1S/C25H28N2O3S/c1-17-18(2)31-25(26-24(28)19-9-5-4-6-10-19)22(17)23(27-13-15-30-16-14-27)20-11-7-8-12-21(20)29-3/h4-12,23H,13-16H2,1-3H3,(H,26,28)/t23-/m1/s1. The second-order valence-electron chi connectivity index (χ2n) is 7.64. The zero-order valence-electron chi connectivity index (χ0n) is 18.2. The van der Waals surface area contributed by atoms with Gasteiger partial charge in [-0.15, -0.1) is 11.3 Å². The Morgan fingerprint density at radius 2 is 1.74 bits per heavy atom. The van der Waals surface area contributed by atoms with Crippen LogP contribution < -0.4 is 10.1 Å². The molecule has 0 aliphatic carbocycles. The van der Waals surface area contributed by atoms with Gasteiger partial charge < -0.3 is 14.8 Å². The molecule has 0 spiro atoms. The third-order valence-electron chi connectivity index (χ3n) is 5.81. The van der Waals surface area contributed by atoms with Crippen LogP contribution in [0.3, 0.4) is 0 Å². The lowest BCUT2D eigenvalue weighted by Crippen LogP contribution is -2.40. The van der Waals surface area contributed by atoms with Crippen molar-refractivity contribution in [1.29, 1.82) is 0 Å². The highest BCUT2D eigenvalue weighted by molar-refractivity contribution is 7.16. The Balaban J connectivity index is 1.80. The van der Waals surface area contributed by atoms with Crippen molar-refractivity contribution in [1.82, 2.24) is 4.90 Å². The summed E-state index contributed by atoms with van der Waals surface area (Å²) in [7, 11) is 1.71. The van der Waals surface area contributed by atoms with Gasteiger partial charge in [-0.3, -0.25) is 9.69 Å². The molecule has 1 saturated heterocycles. The first-order valence-corrected chi connectivity index (χ1v) is 11.3. The van der Waals surface area contributed by atoms with E-state index in [2.05, 4.69) is 30.1 Å². The van der Waals surface area contributed by atoms with Gasteiger partial charge in [-0.1, -0.05) is 36.4 Å². The van der Waals surface area contributed by atoms with E-state index in [1.54, 1.807) is 18.4 Å². The number of aryl methyl sites for hydroxylation is 1. The van der Waals surface area contributed by atoms with Crippen LogP contribution in [0, 0.1) is 13.8 Å². The highest BCUT2D eigenvalue weighted by Gasteiger charge is 2.32. The van der Waals surface area contributed by atoms with Gasteiger partial charge in [0.2, 0.25) is 0 Å². The van der Waals surface area contributed by atoms with Gasteiger partial charge in [0.05, 0.1) is 26.4 Å². The van der Waals surface area contributed by atoms with Crippen molar-refractivity contribution in [2.45, 2.75) is 19.9 Å². The Hall–Kier alpha value is -2.67. The lowest BCUT2D eigenvalue weighted by atomic mass is 9.93. The molecule has 162 valence electrons. The molecule has 1 N–H and O–H groups in total. The van der Waals surface area contributed by atoms with Gasteiger partial charge in [-0.2, -0.15) is 0 Å². The highest BCUT2D eigenvalue weighted by atomic mass is 32.1. The molecule has 5 nitrogen and oxygen atoms in total. The van der Waals surface area contributed by atoms with E-state index in [0.717, 1.165) is 35.0 Å². The minimum absolute atomic E-state index is 0.0314. The molecule has 3 aromatic rings. The SMILES string of the molecule is COc1ccccc1[C@H](c1c(NC(=O)c2ccccc2)sc(C)c1C)N1CCOCC1. The predicted octanol–water partition coefficient (Wildman–Crippen LogP) is 5.05. The lowest BCUT2D eigenvalue weighted by Gasteiger charge is -2.36. The molecule has 4 rings (SSSR count). The maximum atomic E-state index is 13.0. The highest BCUT2D eigenvalue weighted by Crippen LogP contribution is 2.44. The van der Waals surface area contributed by atoms with Crippen molar-refractivity contribution in [2.24, 2.45) is 0 Å². The van der Waals surface area contributed by atoms with Gasteiger partial charge in [0, 0.05) is 34.7 Å². The number of morpholine rings is 1. The van der Waals surface area contributed by atoms with E-state index in [1.165, 1.54) is 10.4 Å². The Kier molecular flexibility index (Phi) is 6.70. The summed E-state index contributed by atoms with van der Waals surface area (Å²) in [5.41, 5.74) is 4.09. The average Bonchev–Trinajstić information content (AvgIpc) is 3.09. The molecule has 0 saturated carbocycles. The van der Waals surface area contributed by atoms with Crippen LogP contribution in [0.2, 0.25) is 0 Å². The molecule has 1 fully saturated rings. The van der Waals surface area contributed by atoms with Crippen molar-refractivity contribution in [3.8, 4) is 5.75 Å². The molecule has 0 radical (unpaired) electrons. The van der Waals surface area contributed by atoms with Crippen LogP contribution in [-0.2, 0) is 4.74 Å². The van der Waals surface area contributed by atoms with Crippen LogP contribution in [-0.4, -0.2) is 44.2 Å². The molecule has 1 aromatic heterocycles. The Bertz CT molecular complexity index is 1040. The fraction of sp³-hybridized carbons (Fsp3) is 0.320. The smallest absolute Gasteiger partial charge is 0.256 e. The van der Waals surface area contributed by atoms with Gasteiger partial charge in [-0.25, -0.2) is 0 Å². The Morgan fingerprint density at radius 1 is 1.06 bits per heavy atom. The summed E-state index contributed by atoms with van der Waals surface area (Å²) in [4.78, 5) is 16.6. The third-order valence-corrected chi connectivity index (χ3v) is 6.95. The number of ether oxygens (including phenoxy) is 2. The number of carbonyl (C=O) groups is 1. The quantitative estimate of drug-likeness (QED) is 0.588. The van der Waals surface area contributed by atoms with Gasteiger partial charge in [-0.05, 0) is 37.6 Å². The summed E-state index contributed by atoms with van der Waals surface area (Å²) in [6, 6.07) is 17.5. The van der Waals surface area contributed by atoms with Crippen LogP contribution in [0.1, 0.15) is 38.0 Å². The van der Waals surface area contributed by atoms with E-state index >= 15 is 0 Å². The molecular formula is C25H28N2O3S. The average molecular weight is 437 g/mol. The third kappa shape index (κ3) is 4.51. The summed E-state index contributed by atoms with van der Waals surface area (Å²) in [5, 5.41) is 4.09. The number of nitrogens with one attached hydrogen (secondary N) is 1. The van der Waals surface area contributed by atoms with Crippen LogP contribution in [0.15, 0.2) is 54.6 Å². The molecule has 0 unspecified atom stereocenters. The topological polar surface area (TPSA) is 50.8 Å². The van der Waals surface area contributed by atoms with E-state index in [1.807, 2.05) is 48.5 Å². The van der Waals surface area contributed by atoms with E-state index in [0.29, 0.717) is 18.8 Å². The summed E-state index contributed by atoms with van der Waals surface area (Å²) in [5.74, 6) is 0.756. The van der Waals surface area contributed by atoms with Crippen molar-refractivity contribution in [3.05, 3.63) is 81.7 Å². The number of anilines is 1. The van der Waals surface area contributed by atoms with E-state index in [-0.39, 0.29) is 11.9 Å². The maximum Gasteiger partial charge on any atom is 0.256 e. The normalized spacial score (nSPS) is 15.5. The number of benzene rings is 2. The first-order valence-electron chi connectivity index (χ1n) is 10.5. The van der Waals surface area contributed by atoms with Gasteiger partial charge in [0.1, 0.15) is 10.8 Å². The number of thiophene rings is 1. The van der Waals surface area contributed by atoms with Crippen LogP contribution in [0.25, 0.3) is 0 Å². The van der Waals surface area contributed by atoms with E-state index < -0.39 is 0 Å². The number of rotatable bonds is 6. The van der Waals surface area contributed by atoms with Crippen molar-refractivity contribution in [2.75, 3.05) is 38.7 Å². The van der Waals surface area contributed by atoms with Gasteiger partial charge in [0.25, 0.3) is 5.91 Å². The Labute approximate surface area is 187 Å². The van der Waals surface area contributed by atoms with Crippen molar-refractivity contribution >= 4 is 22.2 Å². The molecular weight excluding hydrogens is 408 g/mol. The second kappa shape index (κ2) is 9.64. The Morgan fingerprint density at radius 3 is 2.45 bits per heavy atom. The molecule has 0 bridgehead atoms. The first kappa shape index (κ1) is 21.6. The largest absolute Gasteiger partial charge is 0.496 e. The number of hydrogen-bond donors (Lipinski definition) is 1. The number of hydrogen-bond acceptors (Lipinski definition) is 5. The zero-order valence-corrected chi connectivity index (χ0v) is 19.0. The number of methoxy groups -OCH3 is 1. The zero-order chi connectivity index (χ0) is 21.8. The number of para-hydroxylation sites is 1. The fourth-order valence-corrected chi connectivity index (χ4v) is 5.18. The van der Waals surface area contributed by atoms with Crippen molar-refractivity contribution in [3.63, 3.8) is 0 Å². The van der Waals surface area contributed by atoms with E-state index in [9.17, 15) is 4.79 Å². The summed E-state index contributed by atoms with van der Waals surface area (Å²) in [6.45, 7) is 7.29. The number of nitrogens with zero attached hydrogens (tertiary/aromatic N) is 1. The van der Waals surface area contributed by atoms with Gasteiger partial charge in [0.15, 0.2) is 0 Å². The molecule has 1 aliphatic rings. The summed E-state index contributed by atoms with van der Waals surface area (Å²) >= 11 is 1.63. The molecule has 31 heavy (non-hydrogen) atoms. The molecule has 6 heteroatoms. The summed E-state index contributed by atoms with van der Waals surface area (Å²) in [6.07, 6.45) is 0. The van der Waals surface area contributed by atoms with Gasteiger partial charge >= 0.3 is 0 Å². The van der Waals surface area contributed by atoms with Crippen LogP contribution in [0.5, 0.6) is 5.75 Å². The minimum atomic E-state index is -0.0937. The lowest BCUT2D eigenvalue weighted by molar-refractivity contribution is 0.0236. The molecule has 1 amide bonds. The molecule has 1 aliphatic heterocycles. The van der Waals surface area contributed by atoms with E-state index in [4.69, 9.17) is 9.47 Å². The van der Waals surface area contributed by atoms with Crippen LogP contribution in [0.4, 0.5) is 5.00 Å². The number of carbonyl (C=O) groups excluding carboxylic acids is 1. The molecule has 2 heterocycles. The van der Waals surface area contributed by atoms with Crippen LogP contribution >= 0.6 is 11.3 Å². The maximum absolute atomic E-state index is 13.0.